The van der Waals surface area contributed by atoms with Gasteiger partial charge in [0.05, 0.1) is 11.3 Å². The molecule has 1 fully saturated rings. The van der Waals surface area contributed by atoms with Crippen molar-refractivity contribution in [2.75, 3.05) is 19.6 Å². The summed E-state index contributed by atoms with van der Waals surface area (Å²) in [6, 6.07) is 4.11. The average molecular weight is 258 g/mol. The maximum atomic E-state index is 12.5. The highest BCUT2D eigenvalue weighted by Gasteiger charge is 2.21. The van der Waals surface area contributed by atoms with Crippen LogP contribution in [0.5, 0.6) is 0 Å². The predicted molar refractivity (Wildman–Crippen MR) is 73.3 cm³/mol. The molecule has 19 heavy (non-hydrogen) atoms. The number of aryl methyl sites for hydroxylation is 1. The van der Waals surface area contributed by atoms with Crippen molar-refractivity contribution in [2.45, 2.75) is 19.9 Å². The Balaban J connectivity index is 1.88. The number of hydrogen-bond donors (Lipinski definition) is 1. The molecule has 5 heteroatoms. The summed E-state index contributed by atoms with van der Waals surface area (Å²) in [5, 5.41) is 3.34. The first-order chi connectivity index (χ1) is 9.13. The van der Waals surface area contributed by atoms with Crippen LogP contribution in [0.15, 0.2) is 24.5 Å². The summed E-state index contributed by atoms with van der Waals surface area (Å²) in [6.07, 6.45) is 3.80. The van der Waals surface area contributed by atoms with Crippen molar-refractivity contribution in [1.82, 2.24) is 19.6 Å². The van der Waals surface area contributed by atoms with E-state index in [4.69, 9.17) is 0 Å². The van der Waals surface area contributed by atoms with E-state index in [1.165, 1.54) is 0 Å². The Kier molecular flexibility index (Phi) is 2.98. The van der Waals surface area contributed by atoms with E-state index in [1.54, 1.807) is 0 Å². The average Bonchev–Trinajstić information content (AvgIpc) is 2.76. The molecule has 5 nitrogen and oxygen atoms in total. The topological polar surface area (TPSA) is 49.6 Å². The summed E-state index contributed by atoms with van der Waals surface area (Å²) in [6.45, 7) is 6.44. The number of amides is 1. The van der Waals surface area contributed by atoms with E-state index in [9.17, 15) is 4.79 Å². The second-order valence-electron chi connectivity index (χ2n) is 5.17. The van der Waals surface area contributed by atoms with Crippen LogP contribution in [0.3, 0.4) is 0 Å². The van der Waals surface area contributed by atoms with Gasteiger partial charge in [0, 0.05) is 38.1 Å². The van der Waals surface area contributed by atoms with E-state index < -0.39 is 0 Å². The molecule has 0 saturated carbocycles. The van der Waals surface area contributed by atoms with Crippen molar-refractivity contribution in [3.63, 3.8) is 0 Å². The number of piperazine rings is 1. The van der Waals surface area contributed by atoms with E-state index in [1.807, 2.05) is 40.8 Å². The molecule has 0 aromatic carbocycles. The zero-order valence-electron chi connectivity index (χ0n) is 11.3. The van der Waals surface area contributed by atoms with E-state index in [2.05, 4.69) is 17.2 Å². The molecule has 0 unspecified atom stereocenters. The standard InChI is InChI=1S/C14H18N4O/c1-10-7-17(6-5-15-10)14(19)12-3-4-13-16-11(2)8-18(13)9-12/h3-4,8-10,15H,5-7H2,1-2H3/t10-/m1/s1. The van der Waals surface area contributed by atoms with Gasteiger partial charge in [0.25, 0.3) is 5.91 Å². The molecule has 2 aromatic rings. The van der Waals surface area contributed by atoms with E-state index in [0.29, 0.717) is 6.04 Å². The molecule has 0 radical (unpaired) electrons. The van der Waals surface area contributed by atoms with Crippen LogP contribution < -0.4 is 5.32 Å². The number of nitrogens with zero attached hydrogens (tertiary/aromatic N) is 3. The molecule has 3 heterocycles. The monoisotopic (exact) mass is 258 g/mol. The molecule has 0 aliphatic carbocycles. The van der Waals surface area contributed by atoms with Gasteiger partial charge in [-0.15, -0.1) is 0 Å². The van der Waals surface area contributed by atoms with Gasteiger partial charge < -0.3 is 14.6 Å². The Bertz CT molecular complexity index is 619. The first-order valence-corrected chi connectivity index (χ1v) is 6.61. The highest BCUT2D eigenvalue weighted by atomic mass is 16.2. The Morgan fingerprint density at radius 2 is 2.26 bits per heavy atom. The summed E-state index contributed by atoms with van der Waals surface area (Å²) in [7, 11) is 0. The molecule has 2 aromatic heterocycles. The van der Waals surface area contributed by atoms with E-state index in [-0.39, 0.29) is 5.91 Å². The molecule has 1 aliphatic rings. The van der Waals surface area contributed by atoms with Crippen molar-refractivity contribution < 1.29 is 4.79 Å². The number of rotatable bonds is 1. The van der Waals surface area contributed by atoms with E-state index >= 15 is 0 Å². The molecule has 0 spiro atoms. The minimum absolute atomic E-state index is 0.0987. The second-order valence-corrected chi connectivity index (χ2v) is 5.17. The fourth-order valence-electron chi connectivity index (χ4n) is 2.54. The first-order valence-electron chi connectivity index (χ1n) is 6.61. The molecule has 3 rings (SSSR count). The Morgan fingerprint density at radius 1 is 1.42 bits per heavy atom. The second kappa shape index (κ2) is 4.66. The normalized spacial score (nSPS) is 19.9. The third-order valence-electron chi connectivity index (χ3n) is 3.47. The summed E-state index contributed by atoms with van der Waals surface area (Å²) < 4.78 is 1.91. The molecule has 100 valence electrons. The van der Waals surface area contributed by atoms with Crippen molar-refractivity contribution in [3.8, 4) is 0 Å². The van der Waals surface area contributed by atoms with Gasteiger partial charge in [-0.2, -0.15) is 0 Å². The third-order valence-corrected chi connectivity index (χ3v) is 3.47. The van der Waals surface area contributed by atoms with Gasteiger partial charge in [-0.1, -0.05) is 0 Å². The van der Waals surface area contributed by atoms with Crippen LogP contribution in [0.4, 0.5) is 0 Å². The SMILES string of the molecule is Cc1cn2cc(C(=O)N3CCN[C@H](C)C3)ccc2n1. The lowest BCUT2D eigenvalue weighted by molar-refractivity contribution is 0.0708. The number of hydrogen-bond acceptors (Lipinski definition) is 3. The molecular formula is C14H18N4O. The number of nitrogens with one attached hydrogen (secondary N) is 1. The van der Waals surface area contributed by atoms with Crippen LogP contribution in [0.1, 0.15) is 23.0 Å². The van der Waals surface area contributed by atoms with Crippen LogP contribution in [0, 0.1) is 6.92 Å². The largest absolute Gasteiger partial charge is 0.336 e. The summed E-state index contributed by atoms with van der Waals surface area (Å²) in [5.41, 5.74) is 2.56. The van der Waals surface area contributed by atoms with Gasteiger partial charge in [0.1, 0.15) is 5.65 Å². The van der Waals surface area contributed by atoms with Crippen LogP contribution in [-0.4, -0.2) is 45.9 Å². The zero-order valence-corrected chi connectivity index (χ0v) is 11.3. The van der Waals surface area contributed by atoms with Crippen LogP contribution in [0.2, 0.25) is 0 Å². The van der Waals surface area contributed by atoms with Gasteiger partial charge >= 0.3 is 0 Å². The van der Waals surface area contributed by atoms with Crippen LogP contribution in [-0.2, 0) is 0 Å². The number of carbonyl (C=O) groups is 1. The summed E-state index contributed by atoms with van der Waals surface area (Å²) in [4.78, 5) is 18.7. The third kappa shape index (κ3) is 2.33. The van der Waals surface area contributed by atoms with Crippen molar-refractivity contribution in [2.24, 2.45) is 0 Å². The fourth-order valence-corrected chi connectivity index (χ4v) is 2.54. The number of pyridine rings is 1. The van der Waals surface area contributed by atoms with Gasteiger partial charge in [0.15, 0.2) is 0 Å². The van der Waals surface area contributed by atoms with Gasteiger partial charge in [-0.05, 0) is 26.0 Å². The minimum Gasteiger partial charge on any atom is -0.336 e. The van der Waals surface area contributed by atoms with Gasteiger partial charge in [-0.3, -0.25) is 4.79 Å². The summed E-state index contributed by atoms with van der Waals surface area (Å²) in [5.74, 6) is 0.0987. The van der Waals surface area contributed by atoms with Gasteiger partial charge in [-0.25, -0.2) is 4.98 Å². The number of aromatic nitrogens is 2. The summed E-state index contributed by atoms with van der Waals surface area (Å²) >= 11 is 0. The highest BCUT2D eigenvalue weighted by Crippen LogP contribution is 2.11. The number of imidazole rings is 1. The lowest BCUT2D eigenvalue weighted by Crippen LogP contribution is -2.51. The molecule has 0 bridgehead atoms. The number of fused-ring (bicyclic) bond motifs is 1. The Morgan fingerprint density at radius 3 is 3.05 bits per heavy atom. The van der Waals surface area contributed by atoms with Crippen molar-refractivity contribution in [3.05, 3.63) is 35.8 Å². The minimum atomic E-state index is 0.0987. The predicted octanol–water partition coefficient (Wildman–Crippen LogP) is 1.08. The lowest BCUT2D eigenvalue weighted by atomic mass is 10.2. The molecule has 1 N–H and O–H groups in total. The Labute approximate surface area is 112 Å². The molecule has 1 saturated heterocycles. The van der Waals surface area contributed by atoms with E-state index in [0.717, 1.165) is 36.5 Å². The molecular weight excluding hydrogens is 240 g/mol. The van der Waals surface area contributed by atoms with Crippen molar-refractivity contribution in [1.29, 1.82) is 0 Å². The first kappa shape index (κ1) is 12.2. The Hall–Kier alpha value is -1.88. The lowest BCUT2D eigenvalue weighted by Gasteiger charge is -2.31. The van der Waals surface area contributed by atoms with Crippen LogP contribution in [0.25, 0.3) is 5.65 Å². The highest BCUT2D eigenvalue weighted by molar-refractivity contribution is 5.94. The molecule has 1 amide bonds. The fraction of sp³-hybridized carbons (Fsp3) is 0.429. The van der Waals surface area contributed by atoms with Crippen LogP contribution >= 0.6 is 0 Å². The van der Waals surface area contributed by atoms with Gasteiger partial charge in [0.2, 0.25) is 0 Å². The zero-order chi connectivity index (χ0) is 13.4. The molecule has 1 aliphatic heterocycles. The quantitative estimate of drug-likeness (QED) is 0.832. The van der Waals surface area contributed by atoms with Crippen molar-refractivity contribution >= 4 is 11.6 Å². The maximum absolute atomic E-state index is 12.5. The molecule has 1 atom stereocenters. The number of carbonyl (C=O) groups excluding carboxylic acids is 1. The smallest absolute Gasteiger partial charge is 0.255 e. The maximum Gasteiger partial charge on any atom is 0.255 e.